The van der Waals surface area contributed by atoms with Crippen molar-refractivity contribution in [2.24, 2.45) is 0 Å². The average molecular weight is 300 g/mol. The average Bonchev–Trinajstić information content (AvgIpc) is 2.68. The zero-order valence-corrected chi connectivity index (χ0v) is 13.8. The first-order valence-electron chi connectivity index (χ1n) is 7.97. The number of nitrogens with zero attached hydrogens (tertiary/aromatic N) is 2. The Morgan fingerprint density at radius 2 is 2.09 bits per heavy atom. The van der Waals surface area contributed by atoms with E-state index >= 15 is 0 Å². The number of ether oxygens (including phenoxy) is 1. The van der Waals surface area contributed by atoms with Gasteiger partial charge in [0.05, 0.1) is 6.04 Å². The third kappa shape index (κ3) is 3.01. The van der Waals surface area contributed by atoms with E-state index in [9.17, 15) is 4.79 Å². The minimum Gasteiger partial charge on any atom is -0.444 e. The molecule has 2 bridgehead atoms. The lowest BCUT2D eigenvalue weighted by Gasteiger charge is -2.35. The van der Waals surface area contributed by atoms with E-state index in [1.165, 1.54) is 16.7 Å². The molecule has 1 fully saturated rings. The van der Waals surface area contributed by atoms with E-state index in [0.717, 1.165) is 19.3 Å². The normalized spacial score (nSPS) is 24.2. The van der Waals surface area contributed by atoms with Crippen molar-refractivity contribution in [1.82, 2.24) is 9.88 Å². The number of aryl methyl sites for hydroxylation is 1. The molecule has 3 rings (SSSR count). The summed E-state index contributed by atoms with van der Waals surface area (Å²) in [5.74, 6) is 0. The molecule has 1 saturated heterocycles. The summed E-state index contributed by atoms with van der Waals surface area (Å²) in [5.41, 5.74) is 3.21. The van der Waals surface area contributed by atoms with Gasteiger partial charge in [-0.3, -0.25) is 9.88 Å². The van der Waals surface area contributed by atoms with Crippen molar-refractivity contribution >= 4 is 11.7 Å². The minimum atomic E-state index is -0.443. The highest BCUT2D eigenvalue weighted by Crippen LogP contribution is 2.39. The molecule has 0 radical (unpaired) electrons. The van der Waals surface area contributed by atoms with Crippen LogP contribution in [0.25, 0.3) is 5.57 Å². The van der Waals surface area contributed by atoms with Crippen molar-refractivity contribution in [1.29, 1.82) is 0 Å². The molecule has 1 amide bonds. The second kappa shape index (κ2) is 5.41. The summed E-state index contributed by atoms with van der Waals surface area (Å²) < 4.78 is 5.56. The Balaban J connectivity index is 1.82. The molecule has 0 N–H and O–H groups in total. The van der Waals surface area contributed by atoms with Crippen LogP contribution in [0.1, 0.15) is 51.2 Å². The number of carbonyl (C=O) groups is 1. The molecule has 1 aromatic heterocycles. The van der Waals surface area contributed by atoms with Gasteiger partial charge in [0.1, 0.15) is 5.60 Å². The summed E-state index contributed by atoms with van der Waals surface area (Å²) in [7, 11) is 0. The maximum Gasteiger partial charge on any atom is 0.411 e. The molecule has 3 heterocycles. The van der Waals surface area contributed by atoms with Gasteiger partial charge in [-0.25, -0.2) is 4.79 Å². The van der Waals surface area contributed by atoms with Crippen LogP contribution in [0.2, 0.25) is 0 Å². The summed E-state index contributed by atoms with van der Waals surface area (Å²) >= 11 is 0. The summed E-state index contributed by atoms with van der Waals surface area (Å²) in [6, 6.07) is 2.57. The Hall–Kier alpha value is -1.84. The lowest BCUT2D eigenvalue weighted by atomic mass is 9.95. The van der Waals surface area contributed by atoms with Crippen LogP contribution in [0.5, 0.6) is 0 Å². The Morgan fingerprint density at radius 1 is 1.32 bits per heavy atom. The van der Waals surface area contributed by atoms with E-state index in [1.54, 1.807) is 0 Å². The zero-order valence-electron chi connectivity index (χ0n) is 13.8. The van der Waals surface area contributed by atoms with Crippen LogP contribution >= 0.6 is 0 Å². The van der Waals surface area contributed by atoms with Crippen LogP contribution in [0.3, 0.4) is 0 Å². The van der Waals surface area contributed by atoms with Gasteiger partial charge < -0.3 is 4.74 Å². The van der Waals surface area contributed by atoms with Gasteiger partial charge in [0.25, 0.3) is 0 Å². The maximum absolute atomic E-state index is 12.4. The molecule has 1 aromatic rings. The molecule has 2 aliphatic heterocycles. The summed E-state index contributed by atoms with van der Waals surface area (Å²) in [4.78, 5) is 18.6. The number of rotatable bonds is 1. The van der Waals surface area contributed by atoms with Gasteiger partial charge in [0.2, 0.25) is 0 Å². The number of aromatic nitrogens is 1. The fraction of sp³-hybridized carbons (Fsp3) is 0.556. The molecular formula is C18H24N2O2. The van der Waals surface area contributed by atoms with E-state index in [4.69, 9.17) is 4.74 Å². The molecule has 22 heavy (non-hydrogen) atoms. The summed E-state index contributed by atoms with van der Waals surface area (Å²) in [6.07, 6.45) is 8.79. The van der Waals surface area contributed by atoms with Gasteiger partial charge in [0, 0.05) is 18.4 Å². The van der Waals surface area contributed by atoms with Crippen molar-refractivity contribution in [2.75, 3.05) is 0 Å². The Bertz CT molecular complexity index is 616. The van der Waals surface area contributed by atoms with Gasteiger partial charge in [-0.15, -0.1) is 0 Å². The largest absolute Gasteiger partial charge is 0.444 e. The first-order valence-corrected chi connectivity index (χ1v) is 7.97. The molecule has 2 aliphatic rings. The van der Waals surface area contributed by atoms with E-state index < -0.39 is 5.60 Å². The van der Waals surface area contributed by atoms with E-state index in [-0.39, 0.29) is 18.2 Å². The van der Waals surface area contributed by atoms with Gasteiger partial charge in [-0.1, -0.05) is 6.08 Å². The van der Waals surface area contributed by atoms with Crippen LogP contribution < -0.4 is 0 Å². The van der Waals surface area contributed by atoms with Gasteiger partial charge in [-0.05, 0) is 69.7 Å². The van der Waals surface area contributed by atoms with Crippen molar-refractivity contribution in [2.45, 2.75) is 64.6 Å². The van der Waals surface area contributed by atoms with E-state index in [1.807, 2.05) is 38.1 Å². The molecule has 118 valence electrons. The van der Waals surface area contributed by atoms with Gasteiger partial charge in [-0.2, -0.15) is 0 Å². The number of hydrogen-bond donors (Lipinski definition) is 0. The first-order chi connectivity index (χ1) is 10.3. The molecule has 4 nitrogen and oxygen atoms in total. The van der Waals surface area contributed by atoms with Gasteiger partial charge >= 0.3 is 6.09 Å². The molecule has 0 aliphatic carbocycles. The van der Waals surface area contributed by atoms with Crippen molar-refractivity contribution in [3.05, 3.63) is 35.7 Å². The highest BCUT2D eigenvalue weighted by molar-refractivity contribution is 5.75. The van der Waals surface area contributed by atoms with Crippen LogP contribution in [-0.2, 0) is 4.74 Å². The molecule has 2 atom stereocenters. The quantitative estimate of drug-likeness (QED) is 0.788. The second-order valence-corrected chi connectivity index (χ2v) is 7.33. The fourth-order valence-corrected chi connectivity index (χ4v) is 3.37. The Kier molecular flexibility index (Phi) is 3.71. The molecule has 0 aromatic carbocycles. The third-order valence-corrected chi connectivity index (χ3v) is 4.25. The van der Waals surface area contributed by atoms with Crippen LogP contribution in [0, 0.1) is 6.92 Å². The number of pyridine rings is 1. The molecular weight excluding hydrogens is 276 g/mol. The van der Waals surface area contributed by atoms with Crippen LogP contribution in [0.15, 0.2) is 24.5 Å². The van der Waals surface area contributed by atoms with Crippen LogP contribution in [-0.4, -0.2) is 33.7 Å². The van der Waals surface area contributed by atoms with E-state index in [0.29, 0.717) is 0 Å². The van der Waals surface area contributed by atoms with Crippen molar-refractivity contribution in [3.63, 3.8) is 0 Å². The summed E-state index contributed by atoms with van der Waals surface area (Å²) in [6.45, 7) is 7.80. The molecule has 0 spiro atoms. The fourth-order valence-electron chi connectivity index (χ4n) is 3.37. The number of hydrogen-bond acceptors (Lipinski definition) is 3. The van der Waals surface area contributed by atoms with Crippen LogP contribution in [0.4, 0.5) is 4.79 Å². The number of amides is 1. The van der Waals surface area contributed by atoms with Crippen molar-refractivity contribution < 1.29 is 9.53 Å². The summed E-state index contributed by atoms with van der Waals surface area (Å²) in [5, 5.41) is 0. The number of carbonyl (C=O) groups excluding carboxylic acids is 1. The highest BCUT2D eigenvalue weighted by atomic mass is 16.6. The zero-order chi connectivity index (χ0) is 15.9. The predicted octanol–water partition coefficient (Wildman–Crippen LogP) is 3.95. The monoisotopic (exact) mass is 300 g/mol. The number of fused-ring (bicyclic) bond motifs is 2. The molecule has 4 heteroatoms. The maximum atomic E-state index is 12.4. The van der Waals surface area contributed by atoms with Crippen molar-refractivity contribution in [3.8, 4) is 0 Å². The predicted molar refractivity (Wildman–Crippen MR) is 86.5 cm³/mol. The molecule has 0 saturated carbocycles. The highest BCUT2D eigenvalue weighted by Gasteiger charge is 2.41. The smallest absolute Gasteiger partial charge is 0.411 e. The Labute approximate surface area is 132 Å². The second-order valence-electron chi connectivity index (χ2n) is 7.33. The Morgan fingerprint density at radius 3 is 2.73 bits per heavy atom. The lowest BCUT2D eigenvalue weighted by Crippen LogP contribution is -2.45. The van der Waals surface area contributed by atoms with E-state index in [2.05, 4.69) is 24.1 Å². The van der Waals surface area contributed by atoms with Gasteiger partial charge in [0.15, 0.2) is 0 Å². The standard InChI is InChI=1S/C18H24N2O2/c1-12-7-14(11-19-10-12)13-8-15-5-6-16(9-13)20(15)17(21)22-18(2,3)4/h7-8,10-11,15-16H,5-6,9H2,1-4H3. The lowest BCUT2D eigenvalue weighted by molar-refractivity contribution is 0.0175. The third-order valence-electron chi connectivity index (χ3n) is 4.25. The topological polar surface area (TPSA) is 42.4 Å². The first kappa shape index (κ1) is 15.1. The molecule has 2 unspecified atom stereocenters. The SMILES string of the molecule is Cc1cncc(C2=CC3CCC(C2)N3C(=O)OC(C)(C)C)c1. The minimum absolute atomic E-state index is 0.157.